The molecule has 5 fully saturated rings. The number of carbonyl (C=O) groups excluding carboxylic acids is 4. The van der Waals surface area contributed by atoms with Crippen LogP contribution in [-0.4, -0.2) is 59.3 Å². The molecule has 2 aromatic rings. The van der Waals surface area contributed by atoms with Gasteiger partial charge in [0.15, 0.2) is 0 Å². The van der Waals surface area contributed by atoms with Gasteiger partial charge in [-0.2, -0.15) is 0 Å². The first-order chi connectivity index (χ1) is 19.2. The van der Waals surface area contributed by atoms with Gasteiger partial charge in [-0.3, -0.25) is 19.2 Å². The van der Waals surface area contributed by atoms with Crippen LogP contribution in [-0.2, 0) is 28.7 Å². The van der Waals surface area contributed by atoms with Crippen LogP contribution in [0.1, 0.15) is 12.8 Å². The highest BCUT2D eigenvalue weighted by Gasteiger charge is 2.66. The first-order valence-electron chi connectivity index (χ1n) is 12.9. The van der Waals surface area contributed by atoms with Crippen LogP contribution in [0.4, 0.5) is 11.4 Å². The molecule has 5 aliphatic rings. The van der Waals surface area contributed by atoms with Crippen LogP contribution in [0.3, 0.4) is 0 Å². The Morgan fingerprint density at radius 2 is 1.48 bits per heavy atom. The molecule has 3 aliphatic heterocycles. The smallest absolute Gasteiger partial charge is 0.240 e. The first kappa shape index (κ1) is 26.4. The Morgan fingerprint density at radius 1 is 0.800 bits per heavy atom. The molecular formula is C28H22Cl3N2O7. The lowest BCUT2D eigenvalue weighted by atomic mass is 9.75. The summed E-state index contributed by atoms with van der Waals surface area (Å²) in [5.41, 5.74) is 0.634. The number of fused-ring (bicyclic) bond motifs is 3. The Hall–Kier alpha value is -2.53. The normalized spacial score (nSPS) is 36.5. The molecule has 2 aromatic carbocycles. The van der Waals surface area contributed by atoms with Crippen molar-refractivity contribution in [1.82, 2.24) is 0 Å². The third-order valence-corrected chi connectivity index (χ3v) is 9.58. The molecule has 1 radical (unpaired) electrons. The highest BCUT2D eigenvalue weighted by Crippen LogP contribution is 2.51. The summed E-state index contributed by atoms with van der Waals surface area (Å²) < 4.78 is 12.2. The molecule has 9 atom stereocenters. The monoisotopic (exact) mass is 603 g/mol. The van der Waals surface area contributed by atoms with Gasteiger partial charge in [0.25, 0.3) is 0 Å². The summed E-state index contributed by atoms with van der Waals surface area (Å²) in [7, 11) is 0. The minimum Gasteiger partial charge on any atom is -0.390 e. The lowest BCUT2D eigenvalue weighted by Gasteiger charge is -2.38. The minimum atomic E-state index is -1.17. The number of hydrogen-bond acceptors (Lipinski definition) is 7. The number of benzene rings is 2. The van der Waals surface area contributed by atoms with Gasteiger partial charge in [0.1, 0.15) is 6.10 Å². The van der Waals surface area contributed by atoms with Crippen LogP contribution in [0.25, 0.3) is 0 Å². The zero-order valence-corrected chi connectivity index (χ0v) is 22.9. The van der Waals surface area contributed by atoms with Gasteiger partial charge in [0, 0.05) is 5.02 Å². The number of nitrogens with zero attached hydrogens (tertiary/aromatic N) is 2. The fraction of sp³-hybridized carbons (Fsp3) is 0.393. The third kappa shape index (κ3) is 3.94. The molecule has 0 bridgehead atoms. The second-order valence-electron chi connectivity index (χ2n) is 10.8. The lowest BCUT2D eigenvalue weighted by Crippen LogP contribution is -2.52. The minimum absolute atomic E-state index is 0.190. The number of ether oxygens (including phenoxy) is 2. The lowest BCUT2D eigenvalue weighted by molar-refractivity contribution is -0.160. The van der Waals surface area contributed by atoms with Crippen LogP contribution in [0.2, 0.25) is 15.1 Å². The number of halogens is 3. The van der Waals surface area contributed by atoms with Gasteiger partial charge < -0.3 is 14.6 Å². The van der Waals surface area contributed by atoms with Crippen molar-refractivity contribution in [3.63, 3.8) is 0 Å². The number of carbonyl (C=O) groups is 4. The summed E-state index contributed by atoms with van der Waals surface area (Å²) in [6.45, 7) is 0. The maximum Gasteiger partial charge on any atom is 0.240 e. The summed E-state index contributed by atoms with van der Waals surface area (Å²) >= 11 is 18.3. The number of anilines is 2. The van der Waals surface area contributed by atoms with E-state index in [1.165, 1.54) is 18.2 Å². The second kappa shape index (κ2) is 9.51. The molecule has 12 heteroatoms. The predicted molar refractivity (Wildman–Crippen MR) is 144 cm³/mol. The van der Waals surface area contributed by atoms with Crippen LogP contribution in [0.5, 0.6) is 0 Å². The highest BCUT2D eigenvalue weighted by molar-refractivity contribution is 6.42. The quantitative estimate of drug-likeness (QED) is 0.420. The van der Waals surface area contributed by atoms with Gasteiger partial charge in [-0.1, -0.05) is 40.9 Å². The predicted octanol–water partition coefficient (Wildman–Crippen LogP) is 3.45. The Labute approximate surface area is 243 Å². The molecule has 3 heterocycles. The summed E-state index contributed by atoms with van der Waals surface area (Å²) in [5, 5.41) is 11.8. The van der Waals surface area contributed by atoms with Crippen molar-refractivity contribution in [2.45, 2.75) is 43.4 Å². The van der Waals surface area contributed by atoms with Crippen LogP contribution in [0.15, 0.2) is 42.5 Å². The van der Waals surface area contributed by atoms with E-state index in [1.807, 2.05) is 0 Å². The molecule has 1 N–H and O–H groups in total. The maximum atomic E-state index is 13.7. The third-order valence-electron chi connectivity index (χ3n) is 8.60. The van der Waals surface area contributed by atoms with Crippen molar-refractivity contribution in [2.75, 3.05) is 9.80 Å². The Bertz CT molecular complexity index is 1470. The van der Waals surface area contributed by atoms with Crippen molar-refractivity contribution in [2.24, 2.45) is 23.7 Å². The summed E-state index contributed by atoms with van der Waals surface area (Å²) in [4.78, 5) is 56.4. The van der Waals surface area contributed by atoms with Gasteiger partial charge in [0.05, 0.1) is 69.5 Å². The topological polar surface area (TPSA) is 117 Å². The average molecular weight is 605 g/mol. The van der Waals surface area contributed by atoms with Crippen LogP contribution >= 0.6 is 34.8 Å². The van der Waals surface area contributed by atoms with Crippen LogP contribution in [0, 0.1) is 30.1 Å². The molecule has 40 heavy (non-hydrogen) atoms. The molecule has 9 nitrogen and oxygen atoms in total. The van der Waals surface area contributed by atoms with E-state index in [-0.39, 0.29) is 22.6 Å². The van der Waals surface area contributed by atoms with E-state index in [4.69, 9.17) is 44.3 Å². The van der Waals surface area contributed by atoms with Crippen molar-refractivity contribution in [3.05, 3.63) is 64.0 Å². The fourth-order valence-electron chi connectivity index (χ4n) is 6.71. The van der Waals surface area contributed by atoms with Crippen molar-refractivity contribution in [3.8, 4) is 0 Å². The number of amides is 4. The van der Waals surface area contributed by atoms with Crippen molar-refractivity contribution in [1.29, 1.82) is 0 Å². The molecule has 0 aromatic heterocycles. The number of imide groups is 2. The SMILES string of the molecule is O=C1[C@H]2C[C@H]3O[C@H]3C(OC3[C@@H](O)[CH]C[C@H]4C(=O)N(c5cccc(Cl)c5)C(=O)[C@@H]34)[C@H]2C(=O)N1c1ccc(Cl)c(Cl)c1. The van der Waals surface area contributed by atoms with E-state index in [2.05, 4.69) is 0 Å². The van der Waals surface area contributed by atoms with E-state index >= 15 is 0 Å². The molecular weight excluding hydrogens is 583 g/mol. The van der Waals surface area contributed by atoms with Gasteiger partial charge >= 0.3 is 0 Å². The molecule has 2 aliphatic carbocycles. The van der Waals surface area contributed by atoms with Gasteiger partial charge in [0.2, 0.25) is 23.6 Å². The standard InChI is InChI=1S/C28H22Cl3N2O7/c29-11-2-1-3-12(8-11)32-25(35)14-5-7-18(34)22(20(14)27(32)37)40-24-21-15(10-19-23(24)39-19)26(36)33(28(21)38)13-4-6-16(30)17(31)9-13/h1-4,6-9,14-15,18-24,34H,5,10H2/t14-,15+,18+,19-,20-,21+,22?,23-,24?/m1/s1. The van der Waals surface area contributed by atoms with Gasteiger partial charge in [-0.25, -0.2) is 9.80 Å². The highest BCUT2D eigenvalue weighted by atomic mass is 35.5. The van der Waals surface area contributed by atoms with E-state index in [0.717, 1.165) is 9.80 Å². The number of epoxide rings is 1. The van der Waals surface area contributed by atoms with Crippen LogP contribution < -0.4 is 9.80 Å². The van der Waals surface area contributed by atoms with Gasteiger partial charge in [-0.15, -0.1) is 0 Å². The van der Waals surface area contributed by atoms with E-state index in [1.54, 1.807) is 30.7 Å². The Kier molecular flexibility index (Phi) is 6.27. The molecule has 2 unspecified atom stereocenters. The molecule has 3 saturated heterocycles. The molecule has 207 valence electrons. The molecule has 4 amide bonds. The zero-order valence-electron chi connectivity index (χ0n) is 20.7. The summed E-state index contributed by atoms with van der Waals surface area (Å²) in [6, 6.07) is 10.9. The second-order valence-corrected chi connectivity index (χ2v) is 12.0. The van der Waals surface area contributed by atoms with E-state index in [0.29, 0.717) is 22.8 Å². The summed E-state index contributed by atoms with van der Waals surface area (Å²) in [5.74, 6) is -5.13. The number of hydrogen-bond donors (Lipinski definition) is 1. The zero-order chi connectivity index (χ0) is 28.0. The number of aliphatic hydroxyl groups is 1. The summed E-state index contributed by atoms with van der Waals surface area (Å²) in [6.07, 6.45) is -1.87. The maximum absolute atomic E-state index is 13.7. The number of rotatable bonds is 4. The molecule has 2 saturated carbocycles. The Morgan fingerprint density at radius 3 is 2.17 bits per heavy atom. The van der Waals surface area contributed by atoms with Crippen molar-refractivity contribution < 1.29 is 33.8 Å². The largest absolute Gasteiger partial charge is 0.390 e. The van der Waals surface area contributed by atoms with Crippen molar-refractivity contribution >= 4 is 69.8 Å². The van der Waals surface area contributed by atoms with E-state index < -0.39 is 71.7 Å². The van der Waals surface area contributed by atoms with E-state index in [9.17, 15) is 24.3 Å². The Balaban J connectivity index is 1.19. The first-order valence-corrected chi connectivity index (χ1v) is 14.1. The number of aliphatic hydroxyl groups excluding tert-OH is 1. The van der Waals surface area contributed by atoms with Gasteiger partial charge in [-0.05, 0) is 55.7 Å². The molecule has 7 rings (SSSR count). The average Bonchev–Trinajstić information content (AvgIpc) is 3.60. The fourth-order valence-corrected chi connectivity index (χ4v) is 7.19. The molecule has 0 spiro atoms.